The molecule has 0 aromatic heterocycles. The summed E-state index contributed by atoms with van der Waals surface area (Å²) in [6.45, 7) is 19.5. The minimum absolute atomic E-state index is 0.0200. The summed E-state index contributed by atoms with van der Waals surface area (Å²) in [6, 6.07) is 0. The molecule has 3 heteroatoms. The van der Waals surface area contributed by atoms with Crippen LogP contribution in [0, 0.1) is 56.7 Å². The largest absolute Gasteiger partial charge is 0.393 e. The standard InChI is InChI=1S/C30H50O3/c1-17-22-18-9-10-20-26(4)13-12-21(31)25(2,3)19(26)11-14-29(20,7)28(18,6)16-15-27(22,5)23-24(33-23)30(17,8)32/h17-24,31-32H,9-16H2,1-8H3/t17-,18+,19-,20+,21-,22+,23-,24+,26-,27+,28+,29+,30-/m0/s1. The van der Waals surface area contributed by atoms with Crippen LogP contribution in [0.25, 0.3) is 0 Å². The lowest BCUT2D eigenvalue weighted by molar-refractivity contribution is -0.260. The lowest BCUT2D eigenvalue weighted by Crippen LogP contribution is -2.69. The number of hydrogen-bond donors (Lipinski definition) is 2. The minimum Gasteiger partial charge on any atom is -0.393 e. The Hall–Kier alpha value is -0.120. The fourth-order valence-corrected chi connectivity index (χ4v) is 12.1. The molecule has 0 aromatic rings. The van der Waals surface area contributed by atoms with Gasteiger partial charge in [-0.15, -0.1) is 0 Å². The molecule has 5 aliphatic carbocycles. The number of aliphatic hydroxyl groups excluding tert-OH is 1. The van der Waals surface area contributed by atoms with E-state index in [0.717, 1.165) is 12.3 Å². The van der Waals surface area contributed by atoms with E-state index in [4.69, 9.17) is 4.74 Å². The third-order valence-electron chi connectivity index (χ3n) is 14.5. The maximum absolute atomic E-state index is 11.5. The van der Waals surface area contributed by atoms with Gasteiger partial charge < -0.3 is 14.9 Å². The Morgan fingerprint density at radius 1 is 0.697 bits per heavy atom. The monoisotopic (exact) mass is 458 g/mol. The fourth-order valence-electron chi connectivity index (χ4n) is 12.1. The predicted molar refractivity (Wildman–Crippen MR) is 132 cm³/mol. The maximum atomic E-state index is 11.5. The first kappa shape index (κ1) is 23.3. The smallest absolute Gasteiger partial charge is 0.113 e. The van der Waals surface area contributed by atoms with E-state index in [9.17, 15) is 10.2 Å². The van der Waals surface area contributed by atoms with Gasteiger partial charge in [-0.3, -0.25) is 0 Å². The molecular formula is C30H50O3. The molecular weight excluding hydrogens is 408 g/mol. The van der Waals surface area contributed by atoms with Crippen molar-refractivity contribution in [3.8, 4) is 0 Å². The summed E-state index contributed by atoms with van der Waals surface area (Å²) >= 11 is 0. The van der Waals surface area contributed by atoms with Crippen LogP contribution >= 0.6 is 0 Å². The molecule has 1 saturated heterocycles. The van der Waals surface area contributed by atoms with Crippen LogP contribution in [0.1, 0.15) is 107 Å². The molecule has 5 saturated carbocycles. The summed E-state index contributed by atoms with van der Waals surface area (Å²) in [6.07, 6.45) is 10.1. The van der Waals surface area contributed by atoms with E-state index in [1.165, 1.54) is 44.9 Å². The van der Waals surface area contributed by atoms with Crippen molar-refractivity contribution in [2.24, 2.45) is 56.7 Å². The van der Waals surface area contributed by atoms with E-state index in [1.54, 1.807) is 0 Å². The summed E-state index contributed by atoms with van der Waals surface area (Å²) in [4.78, 5) is 0. The van der Waals surface area contributed by atoms with Crippen LogP contribution in [0.5, 0.6) is 0 Å². The van der Waals surface area contributed by atoms with Crippen LogP contribution < -0.4 is 0 Å². The van der Waals surface area contributed by atoms with Crippen molar-refractivity contribution in [3.63, 3.8) is 0 Å². The first-order valence-electron chi connectivity index (χ1n) is 14.2. The number of hydrogen-bond acceptors (Lipinski definition) is 3. The van der Waals surface area contributed by atoms with Crippen molar-refractivity contribution < 1.29 is 14.9 Å². The average Bonchev–Trinajstić information content (AvgIpc) is 3.54. The molecule has 0 bridgehead atoms. The van der Waals surface area contributed by atoms with Gasteiger partial charge in [0.15, 0.2) is 0 Å². The highest BCUT2D eigenvalue weighted by atomic mass is 16.6. The van der Waals surface area contributed by atoms with Gasteiger partial charge in [-0.2, -0.15) is 0 Å². The Morgan fingerprint density at radius 3 is 2.09 bits per heavy atom. The highest BCUT2D eigenvalue weighted by Crippen LogP contribution is 2.78. The van der Waals surface area contributed by atoms with Crippen LogP contribution in [0.4, 0.5) is 0 Å². The Balaban J connectivity index is 1.40. The lowest BCUT2D eigenvalue weighted by Gasteiger charge is -2.73. The van der Waals surface area contributed by atoms with Gasteiger partial charge in [0.05, 0.1) is 17.8 Å². The third-order valence-corrected chi connectivity index (χ3v) is 14.5. The Labute approximate surface area is 202 Å². The molecule has 6 aliphatic rings. The molecule has 1 aliphatic heterocycles. The molecule has 1 heterocycles. The zero-order chi connectivity index (χ0) is 24.0. The molecule has 188 valence electrons. The first-order valence-corrected chi connectivity index (χ1v) is 14.2. The van der Waals surface area contributed by atoms with Crippen molar-refractivity contribution in [3.05, 3.63) is 0 Å². The molecule has 0 unspecified atom stereocenters. The summed E-state index contributed by atoms with van der Waals surface area (Å²) in [5, 5.41) is 22.4. The van der Waals surface area contributed by atoms with Gasteiger partial charge in [0.2, 0.25) is 0 Å². The molecule has 0 aromatic carbocycles. The van der Waals surface area contributed by atoms with Gasteiger partial charge in [0, 0.05) is 0 Å². The first-order chi connectivity index (χ1) is 15.2. The molecule has 0 spiro atoms. The van der Waals surface area contributed by atoms with Crippen molar-refractivity contribution in [1.29, 1.82) is 0 Å². The van der Waals surface area contributed by atoms with E-state index in [2.05, 4.69) is 55.4 Å². The summed E-state index contributed by atoms with van der Waals surface area (Å²) in [5.41, 5.74) is 0.536. The normalized spacial score (nSPS) is 65.6. The molecule has 2 N–H and O–H groups in total. The van der Waals surface area contributed by atoms with Crippen LogP contribution in [-0.4, -0.2) is 34.1 Å². The van der Waals surface area contributed by atoms with E-state index < -0.39 is 5.60 Å². The Bertz CT molecular complexity index is 849. The minimum atomic E-state index is -0.696. The lowest BCUT2D eigenvalue weighted by atomic mass is 9.31. The van der Waals surface area contributed by atoms with E-state index >= 15 is 0 Å². The summed E-state index contributed by atoms with van der Waals surface area (Å²) in [7, 11) is 0. The summed E-state index contributed by atoms with van der Waals surface area (Å²) < 4.78 is 6.23. The highest BCUT2D eigenvalue weighted by molar-refractivity contribution is 5.24. The Morgan fingerprint density at radius 2 is 1.39 bits per heavy atom. The van der Waals surface area contributed by atoms with Crippen molar-refractivity contribution in [1.82, 2.24) is 0 Å². The van der Waals surface area contributed by atoms with Crippen molar-refractivity contribution in [2.75, 3.05) is 0 Å². The second-order valence-electron chi connectivity index (χ2n) is 15.6. The molecule has 13 atom stereocenters. The van der Waals surface area contributed by atoms with Gasteiger partial charge in [0.25, 0.3) is 0 Å². The van der Waals surface area contributed by atoms with E-state index in [1.807, 2.05) is 0 Å². The molecule has 0 radical (unpaired) electrons. The quantitative estimate of drug-likeness (QED) is 0.425. The SMILES string of the molecule is C[C@H]1[C@@H]2[C@H]3CC[C@@H]4[C@@]5(C)CC[C@H](O)C(C)(C)[C@@H]5CC[C@@]4(C)[C@]3(C)CC[C@@]2(C)[C@H]2O[C@H]2[C@@]1(C)O. The maximum Gasteiger partial charge on any atom is 0.113 e. The molecule has 0 amide bonds. The summed E-state index contributed by atoms with van der Waals surface area (Å²) in [5.74, 6) is 2.86. The predicted octanol–water partition coefficient (Wildman–Crippen LogP) is 6.21. The molecule has 6 fully saturated rings. The van der Waals surface area contributed by atoms with Gasteiger partial charge in [0.1, 0.15) is 6.10 Å². The number of epoxide rings is 1. The number of ether oxygens (including phenoxy) is 1. The van der Waals surface area contributed by atoms with Gasteiger partial charge in [-0.25, -0.2) is 0 Å². The van der Waals surface area contributed by atoms with Crippen LogP contribution in [0.15, 0.2) is 0 Å². The average molecular weight is 459 g/mol. The fraction of sp³-hybridized carbons (Fsp3) is 1.00. The molecule has 6 rings (SSSR count). The van der Waals surface area contributed by atoms with Crippen molar-refractivity contribution >= 4 is 0 Å². The molecule has 3 nitrogen and oxygen atoms in total. The van der Waals surface area contributed by atoms with E-state index in [-0.39, 0.29) is 35.1 Å². The third kappa shape index (κ3) is 2.49. The van der Waals surface area contributed by atoms with Crippen molar-refractivity contribution in [2.45, 2.75) is 131 Å². The van der Waals surface area contributed by atoms with Crippen LogP contribution in [-0.2, 0) is 4.74 Å². The van der Waals surface area contributed by atoms with Crippen LogP contribution in [0.2, 0.25) is 0 Å². The highest BCUT2D eigenvalue weighted by Gasteiger charge is 2.76. The van der Waals surface area contributed by atoms with Crippen LogP contribution in [0.3, 0.4) is 0 Å². The topological polar surface area (TPSA) is 53.0 Å². The number of aliphatic hydroxyl groups is 2. The van der Waals surface area contributed by atoms with Gasteiger partial charge in [-0.1, -0.05) is 48.5 Å². The van der Waals surface area contributed by atoms with Gasteiger partial charge in [-0.05, 0) is 115 Å². The zero-order valence-corrected chi connectivity index (χ0v) is 22.6. The number of fused-ring (bicyclic) bond motifs is 9. The second kappa shape index (κ2) is 6.41. The zero-order valence-electron chi connectivity index (χ0n) is 22.6. The van der Waals surface area contributed by atoms with Gasteiger partial charge >= 0.3 is 0 Å². The van der Waals surface area contributed by atoms with E-state index in [0.29, 0.717) is 34.0 Å². The number of rotatable bonds is 0. The molecule has 33 heavy (non-hydrogen) atoms. The Kier molecular flexibility index (Phi) is 4.52. The second-order valence-corrected chi connectivity index (χ2v) is 15.6.